The number of nitro groups is 1. The van der Waals surface area contributed by atoms with Gasteiger partial charge < -0.3 is 9.84 Å². The molecule has 0 saturated carbocycles. The molecule has 0 bridgehead atoms. The summed E-state index contributed by atoms with van der Waals surface area (Å²) in [4.78, 5) is 40.0. The first kappa shape index (κ1) is 24.7. The zero-order valence-corrected chi connectivity index (χ0v) is 20.5. The predicted octanol–water partition coefficient (Wildman–Crippen LogP) is 4.79. The number of ether oxygens (including phenoxy) is 1. The van der Waals surface area contributed by atoms with Crippen molar-refractivity contribution in [3.63, 3.8) is 0 Å². The second-order valence-electron chi connectivity index (χ2n) is 7.65. The quantitative estimate of drug-likeness (QED) is 0.189. The molecular weight excluding hydrogens is 532 g/mol. The Morgan fingerprint density at radius 1 is 1.22 bits per heavy atom. The smallest absolute Gasteiger partial charge is 0.335 e. The van der Waals surface area contributed by atoms with Crippen molar-refractivity contribution in [2.75, 3.05) is 0 Å². The van der Waals surface area contributed by atoms with Gasteiger partial charge >= 0.3 is 11.7 Å². The molecule has 1 heterocycles. The summed E-state index contributed by atoms with van der Waals surface area (Å²) in [5.74, 6) is -0.734. The van der Waals surface area contributed by atoms with Crippen LogP contribution in [0.5, 0.6) is 5.75 Å². The number of nitro benzene ring substituents is 1. The number of rotatable bonds is 8. The maximum absolute atomic E-state index is 13.1. The van der Waals surface area contributed by atoms with E-state index < -0.39 is 10.9 Å². The first-order valence-electron chi connectivity index (χ1n) is 10.8. The highest BCUT2D eigenvalue weighted by Crippen LogP contribution is 2.31. The van der Waals surface area contributed by atoms with Gasteiger partial charge in [-0.2, -0.15) is 9.78 Å². The lowest BCUT2D eigenvalue weighted by atomic mass is 10.1. The van der Waals surface area contributed by atoms with E-state index in [-0.39, 0.29) is 34.7 Å². The van der Waals surface area contributed by atoms with E-state index in [0.29, 0.717) is 28.7 Å². The van der Waals surface area contributed by atoms with Gasteiger partial charge in [0.05, 0.1) is 27.6 Å². The molecule has 1 N–H and O–H groups in total. The van der Waals surface area contributed by atoms with Gasteiger partial charge in [0, 0.05) is 22.5 Å². The summed E-state index contributed by atoms with van der Waals surface area (Å²) in [6, 6.07) is 15.6. The summed E-state index contributed by atoms with van der Waals surface area (Å²) in [5, 5.41) is 25.5. The topological polar surface area (TPSA) is 137 Å². The number of carboxylic acid groups (broad SMARTS) is 1. The minimum Gasteiger partial charge on any atom is -0.481 e. The third-order valence-corrected chi connectivity index (χ3v) is 5.78. The molecule has 4 rings (SSSR count). The summed E-state index contributed by atoms with van der Waals surface area (Å²) >= 11 is 3.35. The molecule has 10 nitrogen and oxygen atoms in total. The fourth-order valence-electron chi connectivity index (χ4n) is 3.56. The van der Waals surface area contributed by atoms with E-state index in [4.69, 9.17) is 4.74 Å². The van der Waals surface area contributed by atoms with Crippen LogP contribution in [0.3, 0.4) is 0 Å². The summed E-state index contributed by atoms with van der Waals surface area (Å²) < 4.78 is 7.65. The maximum Gasteiger partial charge on any atom is 0.335 e. The zero-order valence-electron chi connectivity index (χ0n) is 18.9. The second kappa shape index (κ2) is 10.5. The number of carboxylic acids is 1. The Morgan fingerprint density at radius 2 is 2.00 bits per heavy atom. The number of aryl methyl sites for hydroxylation is 1. The van der Waals surface area contributed by atoms with Crippen molar-refractivity contribution in [3.05, 3.63) is 108 Å². The maximum atomic E-state index is 13.1. The summed E-state index contributed by atoms with van der Waals surface area (Å²) in [5.41, 5.74) is 0.716. The van der Waals surface area contributed by atoms with Gasteiger partial charge in [0.25, 0.3) is 5.56 Å². The minimum absolute atomic E-state index is 0.0606. The molecule has 0 amide bonds. The Labute approximate surface area is 212 Å². The van der Waals surface area contributed by atoms with Crippen LogP contribution in [-0.4, -0.2) is 31.9 Å². The van der Waals surface area contributed by atoms with E-state index >= 15 is 0 Å². The fourth-order valence-corrected chi connectivity index (χ4v) is 3.92. The van der Waals surface area contributed by atoms with Crippen LogP contribution in [0.2, 0.25) is 0 Å². The molecule has 0 fully saturated rings. The molecule has 0 atom stereocenters. The van der Waals surface area contributed by atoms with Crippen LogP contribution >= 0.6 is 15.9 Å². The van der Waals surface area contributed by atoms with Gasteiger partial charge in [-0.05, 0) is 42.0 Å². The molecule has 11 heteroatoms. The lowest BCUT2D eigenvalue weighted by molar-refractivity contribution is -0.385. The molecule has 1 aromatic heterocycles. The molecule has 0 aliphatic heterocycles. The highest BCUT2D eigenvalue weighted by atomic mass is 79.9. The van der Waals surface area contributed by atoms with Gasteiger partial charge in [0.15, 0.2) is 0 Å². The summed E-state index contributed by atoms with van der Waals surface area (Å²) in [6.45, 7) is 1.73. The van der Waals surface area contributed by atoms with Crippen molar-refractivity contribution in [1.29, 1.82) is 0 Å². The van der Waals surface area contributed by atoms with Crippen molar-refractivity contribution in [2.24, 2.45) is 5.10 Å². The van der Waals surface area contributed by atoms with Gasteiger partial charge in [-0.25, -0.2) is 9.78 Å². The number of hydrogen-bond acceptors (Lipinski definition) is 7. The minimum atomic E-state index is -1.09. The van der Waals surface area contributed by atoms with Crippen LogP contribution in [0, 0.1) is 10.1 Å². The molecular formula is C25H19BrN4O6. The Bertz CT molecular complexity index is 1580. The van der Waals surface area contributed by atoms with Gasteiger partial charge in [-0.15, -0.1) is 0 Å². The Balaban J connectivity index is 1.75. The number of fused-ring (bicyclic) bond motifs is 1. The van der Waals surface area contributed by atoms with Gasteiger partial charge in [-0.3, -0.25) is 14.9 Å². The molecule has 36 heavy (non-hydrogen) atoms. The number of aromatic nitrogens is 2. The third-order valence-electron chi connectivity index (χ3n) is 5.28. The number of carbonyl (C=O) groups is 1. The average molecular weight is 551 g/mol. The van der Waals surface area contributed by atoms with Gasteiger partial charge in [0.1, 0.15) is 12.4 Å². The largest absolute Gasteiger partial charge is 0.481 e. The van der Waals surface area contributed by atoms with Crippen LogP contribution in [0.4, 0.5) is 5.69 Å². The number of halogens is 1. The Kier molecular flexibility index (Phi) is 7.20. The molecule has 182 valence electrons. The number of hydrogen-bond donors (Lipinski definition) is 1. The van der Waals surface area contributed by atoms with Crippen LogP contribution in [-0.2, 0) is 13.0 Å². The monoisotopic (exact) mass is 550 g/mol. The highest BCUT2D eigenvalue weighted by molar-refractivity contribution is 9.10. The van der Waals surface area contributed by atoms with Crippen LogP contribution in [0.15, 0.2) is 75.0 Å². The predicted molar refractivity (Wildman–Crippen MR) is 137 cm³/mol. The summed E-state index contributed by atoms with van der Waals surface area (Å²) in [7, 11) is 0. The van der Waals surface area contributed by atoms with E-state index in [9.17, 15) is 24.8 Å². The molecule has 0 saturated heterocycles. The van der Waals surface area contributed by atoms with E-state index in [1.54, 1.807) is 36.4 Å². The lowest BCUT2D eigenvalue weighted by Gasteiger charge is -2.11. The Morgan fingerprint density at radius 3 is 2.72 bits per heavy atom. The Hall–Kier alpha value is -4.38. The highest BCUT2D eigenvalue weighted by Gasteiger charge is 2.19. The van der Waals surface area contributed by atoms with E-state index in [1.165, 1.54) is 30.5 Å². The number of nitrogens with zero attached hydrogens (tertiary/aromatic N) is 4. The lowest BCUT2D eigenvalue weighted by Crippen LogP contribution is -2.22. The molecule has 3 aromatic carbocycles. The number of para-hydroxylation sites is 1. The number of benzene rings is 3. The summed E-state index contributed by atoms with van der Waals surface area (Å²) in [6.07, 6.45) is 1.73. The SMILES string of the molecule is CCc1nc2ccc(Br)cc2c(=O)n1N=Cc1cccc([N+](=O)[O-])c1OCc1cccc(C(=O)O)c1. The van der Waals surface area contributed by atoms with Crippen molar-refractivity contribution in [3.8, 4) is 5.75 Å². The first-order chi connectivity index (χ1) is 17.3. The fraction of sp³-hybridized carbons (Fsp3) is 0.120. The molecule has 0 spiro atoms. The van der Waals surface area contributed by atoms with E-state index in [1.807, 2.05) is 6.92 Å². The van der Waals surface area contributed by atoms with E-state index in [0.717, 1.165) is 9.15 Å². The average Bonchev–Trinajstić information content (AvgIpc) is 2.87. The first-order valence-corrected chi connectivity index (χ1v) is 11.6. The number of aromatic carboxylic acids is 1. The molecule has 4 aromatic rings. The van der Waals surface area contributed by atoms with Crippen LogP contribution in [0.25, 0.3) is 10.9 Å². The van der Waals surface area contributed by atoms with Gasteiger partial charge in [0.2, 0.25) is 5.75 Å². The molecule has 0 aliphatic rings. The normalized spacial score (nSPS) is 11.2. The molecule has 0 aliphatic carbocycles. The third kappa shape index (κ3) is 5.15. The van der Waals surface area contributed by atoms with Crippen molar-refractivity contribution in [2.45, 2.75) is 20.0 Å². The van der Waals surface area contributed by atoms with Gasteiger partial charge in [-0.1, -0.05) is 41.1 Å². The zero-order chi connectivity index (χ0) is 25.8. The van der Waals surface area contributed by atoms with E-state index in [2.05, 4.69) is 26.0 Å². The van der Waals surface area contributed by atoms with Crippen LogP contribution < -0.4 is 10.3 Å². The molecule has 0 radical (unpaired) electrons. The molecule has 0 unspecified atom stereocenters. The van der Waals surface area contributed by atoms with Crippen molar-refractivity contribution < 1.29 is 19.6 Å². The standard InChI is InChI=1S/C25H19BrN4O6/c1-2-22-28-20-10-9-18(26)12-19(20)24(31)29(22)27-13-17-7-4-8-21(30(34)35)23(17)36-14-15-5-3-6-16(11-15)25(32)33/h3-13H,2,14H2,1H3,(H,32,33). The van der Waals surface area contributed by atoms with Crippen molar-refractivity contribution >= 4 is 44.7 Å². The van der Waals surface area contributed by atoms with Crippen molar-refractivity contribution in [1.82, 2.24) is 9.66 Å². The second-order valence-corrected chi connectivity index (χ2v) is 8.57. The van der Waals surface area contributed by atoms with Crippen LogP contribution in [0.1, 0.15) is 34.2 Å².